The zero-order valence-electron chi connectivity index (χ0n) is 15.0. The van der Waals surface area contributed by atoms with Crippen LogP contribution in [-0.2, 0) is 0 Å². The predicted molar refractivity (Wildman–Crippen MR) is 97.4 cm³/mol. The van der Waals surface area contributed by atoms with Crippen LogP contribution in [0.25, 0.3) is 5.65 Å². The number of halogens is 2. The molecule has 0 bridgehead atoms. The van der Waals surface area contributed by atoms with E-state index in [2.05, 4.69) is 20.2 Å². The fraction of sp³-hybridized carbons (Fsp3) is 0.211. The maximum Gasteiger partial charge on any atom is 0.387 e. The van der Waals surface area contributed by atoms with Crippen LogP contribution in [0, 0.1) is 13.8 Å². The lowest BCUT2D eigenvalue weighted by Crippen LogP contribution is -2.22. The van der Waals surface area contributed by atoms with Gasteiger partial charge in [-0.05, 0) is 45.0 Å². The van der Waals surface area contributed by atoms with E-state index in [-0.39, 0.29) is 5.75 Å². The number of hydrazone groups is 1. The Morgan fingerprint density at radius 3 is 2.78 bits per heavy atom. The van der Waals surface area contributed by atoms with E-state index in [0.717, 1.165) is 5.56 Å². The molecule has 3 rings (SSSR count). The quantitative estimate of drug-likeness (QED) is 0.548. The van der Waals surface area contributed by atoms with Crippen molar-refractivity contribution < 1.29 is 18.3 Å². The van der Waals surface area contributed by atoms with Gasteiger partial charge in [0.05, 0.1) is 11.4 Å². The van der Waals surface area contributed by atoms with Crippen LogP contribution in [0.15, 0.2) is 47.7 Å². The second kappa shape index (κ2) is 7.53. The van der Waals surface area contributed by atoms with E-state index in [1.165, 1.54) is 6.07 Å². The van der Waals surface area contributed by atoms with Crippen molar-refractivity contribution in [2.45, 2.75) is 27.4 Å². The fourth-order valence-electron chi connectivity index (χ4n) is 2.76. The number of carbonyl (C=O) groups excluding carboxylic acids is 1. The van der Waals surface area contributed by atoms with Gasteiger partial charge < -0.3 is 4.74 Å². The molecule has 8 heteroatoms. The number of hydrogen-bond donors (Lipinski definition) is 1. The first-order valence-electron chi connectivity index (χ1n) is 8.21. The van der Waals surface area contributed by atoms with Crippen LogP contribution in [0.5, 0.6) is 5.75 Å². The normalized spacial score (nSPS) is 11.9. The van der Waals surface area contributed by atoms with Gasteiger partial charge in [-0.3, -0.25) is 9.20 Å². The van der Waals surface area contributed by atoms with Gasteiger partial charge in [0, 0.05) is 11.8 Å². The summed E-state index contributed by atoms with van der Waals surface area (Å²) >= 11 is 0. The lowest BCUT2D eigenvalue weighted by Gasteiger charge is -2.11. The molecule has 2 heterocycles. The van der Waals surface area contributed by atoms with Gasteiger partial charge in [0.2, 0.25) is 0 Å². The minimum atomic E-state index is -2.95. The summed E-state index contributed by atoms with van der Waals surface area (Å²) in [5.41, 5.74) is 5.60. The molecule has 1 aromatic carbocycles. The molecule has 6 nitrogen and oxygen atoms in total. The van der Waals surface area contributed by atoms with Crippen molar-refractivity contribution in [2.75, 3.05) is 0 Å². The molecule has 0 aliphatic carbocycles. The van der Waals surface area contributed by atoms with Crippen LogP contribution in [-0.4, -0.2) is 27.6 Å². The van der Waals surface area contributed by atoms with E-state index in [9.17, 15) is 13.6 Å². The van der Waals surface area contributed by atoms with E-state index in [4.69, 9.17) is 0 Å². The number of rotatable bonds is 5. The number of amides is 1. The smallest absolute Gasteiger partial charge is 0.387 e. The fourth-order valence-corrected chi connectivity index (χ4v) is 2.76. The summed E-state index contributed by atoms with van der Waals surface area (Å²) in [6.07, 6.45) is 1.73. The van der Waals surface area contributed by atoms with Crippen LogP contribution in [0.2, 0.25) is 0 Å². The number of hydrogen-bond acceptors (Lipinski definition) is 4. The zero-order chi connectivity index (χ0) is 19.6. The largest absolute Gasteiger partial charge is 0.434 e. The van der Waals surface area contributed by atoms with Gasteiger partial charge in [0.1, 0.15) is 17.1 Å². The van der Waals surface area contributed by atoms with Crippen LogP contribution in [0.4, 0.5) is 8.78 Å². The van der Waals surface area contributed by atoms with Crippen molar-refractivity contribution in [1.29, 1.82) is 0 Å². The Morgan fingerprint density at radius 1 is 1.26 bits per heavy atom. The SMILES string of the molecule is C/C(=N/NC(=O)c1c(C)nc2ccccn12)c1cc(C)ccc1OC(F)F. The number of alkyl halides is 2. The van der Waals surface area contributed by atoms with Gasteiger partial charge in [-0.25, -0.2) is 10.4 Å². The summed E-state index contributed by atoms with van der Waals surface area (Å²) in [5.74, 6) is -0.452. The number of imidazole rings is 1. The summed E-state index contributed by atoms with van der Waals surface area (Å²) < 4.78 is 31.4. The third-order valence-corrected chi connectivity index (χ3v) is 3.99. The van der Waals surface area contributed by atoms with Crippen molar-refractivity contribution in [3.63, 3.8) is 0 Å². The summed E-state index contributed by atoms with van der Waals surface area (Å²) in [7, 11) is 0. The highest BCUT2D eigenvalue weighted by molar-refractivity contribution is 6.02. The topological polar surface area (TPSA) is 68.0 Å². The highest BCUT2D eigenvalue weighted by atomic mass is 19.3. The van der Waals surface area contributed by atoms with E-state index >= 15 is 0 Å². The third kappa shape index (κ3) is 3.94. The zero-order valence-corrected chi connectivity index (χ0v) is 15.0. The molecule has 3 aromatic rings. The first kappa shape index (κ1) is 18.5. The molecule has 1 amide bonds. The Hall–Kier alpha value is -3.29. The summed E-state index contributed by atoms with van der Waals surface area (Å²) in [4.78, 5) is 16.9. The molecule has 2 aromatic heterocycles. The first-order valence-corrected chi connectivity index (χ1v) is 8.21. The van der Waals surface area contributed by atoms with Gasteiger partial charge in [0.25, 0.3) is 5.91 Å². The van der Waals surface area contributed by atoms with E-state index in [0.29, 0.717) is 28.3 Å². The molecule has 27 heavy (non-hydrogen) atoms. The third-order valence-electron chi connectivity index (χ3n) is 3.99. The van der Waals surface area contributed by atoms with Crippen LogP contribution in [0.3, 0.4) is 0 Å². The van der Waals surface area contributed by atoms with Crippen LogP contribution >= 0.6 is 0 Å². The molecule has 0 aliphatic heterocycles. The van der Waals surface area contributed by atoms with E-state index in [1.807, 2.05) is 13.0 Å². The second-order valence-corrected chi connectivity index (χ2v) is 5.99. The van der Waals surface area contributed by atoms with E-state index < -0.39 is 12.5 Å². The summed E-state index contributed by atoms with van der Waals surface area (Å²) in [6, 6.07) is 10.2. The number of aromatic nitrogens is 2. The Morgan fingerprint density at radius 2 is 2.04 bits per heavy atom. The summed E-state index contributed by atoms with van der Waals surface area (Å²) in [6.45, 7) is 2.21. The Labute approximate surface area is 154 Å². The minimum Gasteiger partial charge on any atom is -0.434 e. The lowest BCUT2D eigenvalue weighted by atomic mass is 10.1. The number of benzene rings is 1. The number of ether oxygens (including phenoxy) is 1. The van der Waals surface area contributed by atoms with Crippen molar-refractivity contribution in [1.82, 2.24) is 14.8 Å². The van der Waals surface area contributed by atoms with Crippen molar-refractivity contribution in [2.24, 2.45) is 5.10 Å². The number of carbonyl (C=O) groups is 1. The van der Waals surface area contributed by atoms with Crippen LogP contribution < -0.4 is 10.2 Å². The maximum atomic E-state index is 12.6. The second-order valence-electron chi connectivity index (χ2n) is 5.99. The minimum absolute atomic E-state index is 0.00270. The molecule has 0 atom stereocenters. The molecule has 0 radical (unpaired) electrons. The van der Waals surface area contributed by atoms with Crippen molar-refractivity contribution >= 4 is 17.3 Å². The number of nitrogens with zero attached hydrogens (tertiary/aromatic N) is 3. The van der Waals surface area contributed by atoms with E-state index in [1.54, 1.807) is 48.7 Å². The molecule has 0 aliphatic rings. The molecule has 0 spiro atoms. The molecule has 0 fully saturated rings. The molecular weight excluding hydrogens is 354 g/mol. The van der Waals surface area contributed by atoms with Crippen molar-refractivity contribution in [3.05, 3.63) is 65.1 Å². The average molecular weight is 372 g/mol. The number of aryl methyl sites for hydroxylation is 2. The molecule has 0 saturated carbocycles. The maximum absolute atomic E-state index is 12.6. The number of nitrogens with one attached hydrogen (secondary N) is 1. The Kier molecular flexibility index (Phi) is 5.16. The predicted octanol–water partition coefficient (Wildman–Crippen LogP) is 3.71. The van der Waals surface area contributed by atoms with Crippen LogP contribution in [0.1, 0.15) is 34.2 Å². The first-order chi connectivity index (χ1) is 12.9. The number of pyridine rings is 1. The highest BCUT2D eigenvalue weighted by Gasteiger charge is 2.17. The standard InChI is InChI=1S/C19H18F2N4O2/c1-11-7-8-15(27-19(20)21)14(10-11)12(2)23-24-18(26)17-13(3)22-16-6-4-5-9-25(16)17/h4-10,19H,1-3H3,(H,24,26)/b23-12-. The van der Waals surface area contributed by atoms with Gasteiger partial charge in [-0.2, -0.15) is 13.9 Å². The molecule has 0 unspecified atom stereocenters. The molecule has 0 saturated heterocycles. The lowest BCUT2D eigenvalue weighted by molar-refractivity contribution is -0.0499. The Balaban J connectivity index is 1.88. The molecule has 1 N–H and O–H groups in total. The highest BCUT2D eigenvalue weighted by Crippen LogP contribution is 2.23. The average Bonchev–Trinajstić information content (AvgIpc) is 2.96. The number of fused-ring (bicyclic) bond motifs is 1. The van der Waals surface area contributed by atoms with Gasteiger partial charge in [-0.1, -0.05) is 17.7 Å². The Bertz CT molecular complexity index is 1030. The van der Waals surface area contributed by atoms with Gasteiger partial charge in [0.15, 0.2) is 0 Å². The van der Waals surface area contributed by atoms with Gasteiger partial charge >= 0.3 is 6.61 Å². The molecule has 140 valence electrons. The molecular formula is C19H18F2N4O2. The monoisotopic (exact) mass is 372 g/mol. The summed E-state index contributed by atoms with van der Waals surface area (Å²) in [5, 5.41) is 4.06. The van der Waals surface area contributed by atoms with Gasteiger partial charge in [-0.15, -0.1) is 0 Å². The van der Waals surface area contributed by atoms with Crippen molar-refractivity contribution in [3.8, 4) is 5.75 Å².